The molecule has 1 rings (SSSR count). The molecule has 0 saturated carbocycles. The number of rotatable bonds is 11. The number of guanidine groups is 1. The van der Waals surface area contributed by atoms with E-state index in [4.69, 9.17) is 9.47 Å². The molecule has 0 aliphatic heterocycles. The standard InChI is InChI=1S/C18H31N3O2.HI/c1-4-6-12-22-13-8-11-20-18(19-3)21-15-16-9-7-10-17(14-16)23-5-2;/h7,9-10,14H,4-6,8,11-13,15H2,1-3H3,(H2,19,20,21);1H. The van der Waals surface area contributed by atoms with Gasteiger partial charge in [0.1, 0.15) is 5.75 Å². The monoisotopic (exact) mass is 449 g/mol. The first-order valence-corrected chi connectivity index (χ1v) is 8.54. The Kier molecular flexibility index (Phi) is 14.8. The number of nitrogens with zero attached hydrogens (tertiary/aromatic N) is 1. The average Bonchev–Trinajstić information content (AvgIpc) is 2.57. The molecule has 0 aliphatic carbocycles. The Morgan fingerprint density at radius 3 is 2.62 bits per heavy atom. The first-order valence-electron chi connectivity index (χ1n) is 8.54. The van der Waals surface area contributed by atoms with Crippen molar-refractivity contribution in [2.75, 3.05) is 33.4 Å². The maximum Gasteiger partial charge on any atom is 0.191 e. The number of ether oxygens (including phenoxy) is 2. The van der Waals surface area contributed by atoms with E-state index in [-0.39, 0.29) is 24.0 Å². The summed E-state index contributed by atoms with van der Waals surface area (Å²) in [5, 5.41) is 6.61. The first kappa shape index (κ1) is 23.0. The lowest BCUT2D eigenvalue weighted by atomic mass is 10.2. The summed E-state index contributed by atoms with van der Waals surface area (Å²) in [6.45, 7) is 8.06. The molecule has 0 amide bonds. The molecule has 0 aliphatic rings. The van der Waals surface area contributed by atoms with E-state index in [1.165, 1.54) is 12.0 Å². The SMILES string of the molecule is CCCCOCCCNC(=NC)NCc1cccc(OCC)c1.I. The van der Waals surface area contributed by atoms with E-state index in [9.17, 15) is 0 Å². The zero-order valence-corrected chi connectivity index (χ0v) is 17.5. The van der Waals surface area contributed by atoms with Crippen molar-refractivity contribution in [1.82, 2.24) is 10.6 Å². The maximum absolute atomic E-state index is 5.54. The van der Waals surface area contributed by atoms with Gasteiger partial charge in [-0.2, -0.15) is 0 Å². The quantitative estimate of drug-likeness (QED) is 0.235. The van der Waals surface area contributed by atoms with Gasteiger partial charge in [-0.05, 0) is 37.5 Å². The molecule has 0 radical (unpaired) electrons. The molecule has 0 atom stereocenters. The predicted molar refractivity (Wildman–Crippen MR) is 112 cm³/mol. The molecule has 0 heterocycles. The molecule has 5 nitrogen and oxygen atoms in total. The molecule has 1 aromatic rings. The number of unbranched alkanes of at least 4 members (excludes halogenated alkanes) is 1. The van der Waals surface area contributed by atoms with E-state index < -0.39 is 0 Å². The van der Waals surface area contributed by atoms with Gasteiger partial charge in [-0.3, -0.25) is 4.99 Å². The summed E-state index contributed by atoms with van der Waals surface area (Å²) >= 11 is 0. The Hall–Kier alpha value is -1.02. The number of halogens is 1. The van der Waals surface area contributed by atoms with Crippen LogP contribution in [0.4, 0.5) is 0 Å². The van der Waals surface area contributed by atoms with Gasteiger partial charge in [0.05, 0.1) is 6.61 Å². The second kappa shape index (κ2) is 15.5. The Balaban J connectivity index is 0.00000529. The lowest BCUT2D eigenvalue weighted by Gasteiger charge is -2.12. The van der Waals surface area contributed by atoms with Gasteiger partial charge in [-0.15, -0.1) is 24.0 Å². The highest BCUT2D eigenvalue weighted by Crippen LogP contribution is 2.12. The molecular formula is C18H32IN3O2. The van der Waals surface area contributed by atoms with Crippen LogP contribution in [0.5, 0.6) is 5.75 Å². The highest BCUT2D eigenvalue weighted by Gasteiger charge is 2.00. The third-order valence-electron chi connectivity index (χ3n) is 3.29. The minimum atomic E-state index is 0. The van der Waals surface area contributed by atoms with Crippen molar-refractivity contribution >= 4 is 29.9 Å². The molecule has 6 heteroatoms. The normalized spacial score (nSPS) is 10.9. The van der Waals surface area contributed by atoms with E-state index in [0.717, 1.165) is 44.3 Å². The molecule has 1 aromatic carbocycles. The van der Waals surface area contributed by atoms with E-state index >= 15 is 0 Å². The van der Waals surface area contributed by atoms with Crippen molar-refractivity contribution in [3.63, 3.8) is 0 Å². The van der Waals surface area contributed by atoms with Crippen molar-refractivity contribution in [1.29, 1.82) is 0 Å². The van der Waals surface area contributed by atoms with Gasteiger partial charge in [0.15, 0.2) is 5.96 Å². The lowest BCUT2D eigenvalue weighted by Crippen LogP contribution is -2.37. The number of hydrogen-bond acceptors (Lipinski definition) is 3. The van der Waals surface area contributed by atoms with E-state index in [2.05, 4.69) is 28.6 Å². The van der Waals surface area contributed by atoms with Crippen LogP contribution in [0.2, 0.25) is 0 Å². The van der Waals surface area contributed by atoms with Crippen molar-refractivity contribution in [3.05, 3.63) is 29.8 Å². The van der Waals surface area contributed by atoms with Gasteiger partial charge >= 0.3 is 0 Å². The summed E-state index contributed by atoms with van der Waals surface area (Å²) in [7, 11) is 1.78. The fraction of sp³-hybridized carbons (Fsp3) is 0.611. The van der Waals surface area contributed by atoms with Gasteiger partial charge < -0.3 is 20.1 Å². The summed E-state index contributed by atoms with van der Waals surface area (Å²) in [6, 6.07) is 8.10. The van der Waals surface area contributed by atoms with Crippen LogP contribution in [0.25, 0.3) is 0 Å². The minimum absolute atomic E-state index is 0. The van der Waals surface area contributed by atoms with Gasteiger partial charge in [0.2, 0.25) is 0 Å². The van der Waals surface area contributed by atoms with Crippen LogP contribution in [0.1, 0.15) is 38.7 Å². The van der Waals surface area contributed by atoms with Crippen LogP contribution >= 0.6 is 24.0 Å². The van der Waals surface area contributed by atoms with Crippen LogP contribution in [-0.4, -0.2) is 39.4 Å². The van der Waals surface area contributed by atoms with Crippen molar-refractivity contribution in [2.24, 2.45) is 4.99 Å². The fourth-order valence-electron chi connectivity index (χ4n) is 2.05. The third-order valence-corrected chi connectivity index (χ3v) is 3.29. The molecule has 2 N–H and O–H groups in total. The number of hydrogen-bond donors (Lipinski definition) is 2. The zero-order valence-electron chi connectivity index (χ0n) is 15.1. The van der Waals surface area contributed by atoms with E-state index in [1.54, 1.807) is 7.05 Å². The molecule has 0 spiro atoms. The predicted octanol–water partition coefficient (Wildman–Crippen LogP) is 3.58. The van der Waals surface area contributed by atoms with Crippen molar-refractivity contribution < 1.29 is 9.47 Å². The number of aliphatic imine (C=N–C) groups is 1. The van der Waals surface area contributed by atoms with Gasteiger partial charge in [-0.25, -0.2) is 0 Å². The molecule has 24 heavy (non-hydrogen) atoms. The summed E-state index contributed by atoms with van der Waals surface area (Å²) in [4.78, 5) is 4.23. The van der Waals surface area contributed by atoms with E-state index in [1.807, 2.05) is 25.1 Å². The summed E-state index contributed by atoms with van der Waals surface area (Å²) < 4.78 is 11.1. The Bertz CT molecular complexity index is 456. The number of benzene rings is 1. The molecule has 0 saturated heterocycles. The lowest BCUT2D eigenvalue weighted by molar-refractivity contribution is 0.129. The second-order valence-corrected chi connectivity index (χ2v) is 5.25. The van der Waals surface area contributed by atoms with Crippen LogP contribution in [0.3, 0.4) is 0 Å². The smallest absolute Gasteiger partial charge is 0.191 e. The molecule has 0 bridgehead atoms. The van der Waals surface area contributed by atoms with Crippen LogP contribution < -0.4 is 15.4 Å². The second-order valence-electron chi connectivity index (χ2n) is 5.25. The van der Waals surface area contributed by atoms with Gasteiger partial charge in [0.25, 0.3) is 0 Å². The Labute approximate surface area is 163 Å². The van der Waals surface area contributed by atoms with Crippen LogP contribution in [0.15, 0.2) is 29.3 Å². The first-order chi connectivity index (χ1) is 11.3. The van der Waals surface area contributed by atoms with E-state index in [0.29, 0.717) is 13.2 Å². The van der Waals surface area contributed by atoms with Gasteiger partial charge in [0, 0.05) is 33.4 Å². The van der Waals surface area contributed by atoms with Crippen molar-refractivity contribution in [2.45, 2.75) is 39.7 Å². The average molecular weight is 449 g/mol. The summed E-state index contributed by atoms with van der Waals surface area (Å²) in [5.74, 6) is 1.71. The van der Waals surface area contributed by atoms with Crippen LogP contribution in [0, 0.1) is 0 Å². The highest BCUT2D eigenvalue weighted by molar-refractivity contribution is 14.0. The van der Waals surface area contributed by atoms with Gasteiger partial charge in [-0.1, -0.05) is 25.5 Å². The third kappa shape index (κ3) is 10.7. The molecular weight excluding hydrogens is 417 g/mol. The largest absolute Gasteiger partial charge is 0.494 e. The highest BCUT2D eigenvalue weighted by atomic mass is 127. The summed E-state index contributed by atoms with van der Waals surface area (Å²) in [6.07, 6.45) is 3.29. The topological polar surface area (TPSA) is 54.9 Å². The Morgan fingerprint density at radius 1 is 1.12 bits per heavy atom. The Morgan fingerprint density at radius 2 is 1.92 bits per heavy atom. The fourth-order valence-corrected chi connectivity index (χ4v) is 2.05. The summed E-state index contributed by atoms with van der Waals surface area (Å²) in [5.41, 5.74) is 1.17. The zero-order chi connectivity index (χ0) is 16.8. The molecule has 0 unspecified atom stereocenters. The van der Waals surface area contributed by atoms with Crippen molar-refractivity contribution in [3.8, 4) is 5.75 Å². The minimum Gasteiger partial charge on any atom is -0.494 e. The molecule has 138 valence electrons. The molecule has 0 aromatic heterocycles. The number of nitrogens with one attached hydrogen (secondary N) is 2. The van der Waals surface area contributed by atoms with Crippen LogP contribution in [-0.2, 0) is 11.3 Å². The molecule has 0 fully saturated rings. The maximum atomic E-state index is 5.54.